The van der Waals surface area contributed by atoms with Crippen molar-refractivity contribution < 1.29 is 19.7 Å². The van der Waals surface area contributed by atoms with Crippen molar-refractivity contribution in [1.29, 1.82) is 0 Å². The Labute approximate surface area is 191 Å². The van der Waals surface area contributed by atoms with Crippen LogP contribution in [-0.4, -0.2) is 66.5 Å². The monoisotopic (exact) mass is 452 g/mol. The molecule has 0 spiro atoms. The Morgan fingerprint density at radius 2 is 1.94 bits per heavy atom. The minimum absolute atomic E-state index is 0.345. The van der Waals surface area contributed by atoms with Gasteiger partial charge in [0.05, 0.1) is 19.0 Å². The van der Waals surface area contributed by atoms with E-state index in [1.165, 1.54) is 19.2 Å². The minimum atomic E-state index is -1.12. The fourth-order valence-electron chi connectivity index (χ4n) is 4.65. The van der Waals surface area contributed by atoms with Crippen LogP contribution in [0.25, 0.3) is 11.2 Å². The van der Waals surface area contributed by atoms with Crippen LogP contribution in [0.4, 0.5) is 5.82 Å². The topological polar surface area (TPSA) is 134 Å². The second-order valence-corrected chi connectivity index (χ2v) is 8.78. The van der Waals surface area contributed by atoms with Gasteiger partial charge in [0, 0.05) is 11.6 Å². The Bertz CT molecular complexity index is 1130. The number of carbonyl (C=O) groups excluding carboxylic acids is 1. The number of aliphatic hydroxyl groups is 2. The number of nitrogens with one attached hydrogen (secondary N) is 2. The zero-order valence-electron chi connectivity index (χ0n) is 18.4. The Balaban J connectivity index is 1.38. The van der Waals surface area contributed by atoms with E-state index in [0.29, 0.717) is 28.6 Å². The standard InChI is InChI=1S/C23H28N6O4/c1-13-6-8-14(9-7-13)22(32)28-17-16(10-30)33-23(19(17)31)29-12-26-18-20(24-11-25-21(18)29)27-15-4-2-3-5-15/h6-9,11-12,15-17,19,23,30-31H,2-5,10H2,1H3,(H,28,32)(H,24,25,27)/t16?,17-,19?,23?/m0/s1. The lowest BCUT2D eigenvalue weighted by atomic mass is 10.1. The molecule has 1 saturated heterocycles. The van der Waals surface area contributed by atoms with Crippen LogP contribution in [0.3, 0.4) is 0 Å². The molecule has 1 aliphatic heterocycles. The minimum Gasteiger partial charge on any atom is -0.394 e. The van der Waals surface area contributed by atoms with Gasteiger partial charge in [-0.1, -0.05) is 30.5 Å². The van der Waals surface area contributed by atoms with Crippen molar-refractivity contribution >= 4 is 22.9 Å². The van der Waals surface area contributed by atoms with Crippen LogP contribution in [0.15, 0.2) is 36.9 Å². The second-order valence-electron chi connectivity index (χ2n) is 8.78. The third-order valence-electron chi connectivity index (χ3n) is 6.50. The second kappa shape index (κ2) is 9.05. The highest BCUT2D eigenvalue weighted by molar-refractivity contribution is 5.94. The summed E-state index contributed by atoms with van der Waals surface area (Å²) in [5.74, 6) is 0.309. The van der Waals surface area contributed by atoms with E-state index in [1.807, 2.05) is 19.1 Å². The lowest BCUT2D eigenvalue weighted by Crippen LogP contribution is -2.48. The van der Waals surface area contributed by atoms with Crippen LogP contribution >= 0.6 is 0 Å². The van der Waals surface area contributed by atoms with Gasteiger partial charge in [-0.2, -0.15) is 0 Å². The summed E-state index contributed by atoms with van der Waals surface area (Å²) in [5.41, 5.74) is 2.61. The predicted octanol–water partition coefficient (Wildman–Crippen LogP) is 1.54. The first-order valence-electron chi connectivity index (χ1n) is 11.3. The molecule has 3 heterocycles. The number of amides is 1. The van der Waals surface area contributed by atoms with Crippen molar-refractivity contribution in [3.8, 4) is 0 Å². The van der Waals surface area contributed by atoms with Crippen molar-refractivity contribution in [2.45, 2.75) is 63.1 Å². The molecule has 0 bridgehead atoms. The number of fused-ring (bicyclic) bond motifs is 1. The maximum absolute atomic E-state index is 12.7. The molecule has 1 aliphatic carbocycles. The molecular weight excluding hydrogens is 424 g/mol. The molecule has 10 nitrogen and oxygen atoms in total. The average Bonchev–Trinajstić information content (AvgIpc) is 3.55. The fourth-order valence-corrected chi connectivity index (χ4v) is 4.65. The van der Waals surface area contributed by atoms with Crippen molar-refractivity contribution in [2.24, 2.45) is 0 Å². The first-order chi connectivity index (χ1) is 16.0. The van der Waals surface area contributed by atoms with E-state index in [4.69, 9.17) is 4.74 Å². The van der Waals surface area contributed by atoms with E-state index in [-0.39, 0.29) is 12.5 Å². The van der Waals surface area contributed by atoms with Crippen LogP contribution in [0.2, 0.25) is 0 Å². The summed E-state index contributed by atoms with van der Waals surface area (Å²) in [5, 5.41) is 27.2. The van der Waals surface area contributed by atoms with Gasteiger partial charge >= 0.3 is 0 Å². The van der Waals surface area contributed by atoms with Crippen LogP contribution in [-0.2, 0) is 4.74 Å². The van der Waals surface area contributed by atoms with Gasteiger partial charge in [0.1, 0.15) is 18.5 Å². The van der Waals surface area contributed by atoms with Crippen LogP contribution in [0.5, 0.6) is 0 Å². The number of nitrogens with zero attached hydrogens (tertiary/aromatic N) is 4. The van der Waals surface area contributed by atoms with E-state index in [0.717, 1.165) is 18.4 Å². The molecule has 3 unspecified atom stereocenters. The normalized spacial score (nSPS) is 25.5. The molecule has 2 aliphatic rings. The lowest BCUT2D eigenvalue weighted by Gasteiger charge is -2.21. The molecule has 2 aromatic heterocycles. The van der Waals surface area contributed by atoms with Crippen molar-refractivity contribution in [1.82, 2.24) is 24.8 Å². The first kappa shape index (κ1) is 21.7. The number of imidazole rings is 1. The highest BCUT2D eigenvalue weighted by atomic mass is 16.5. The molecule has 2 fully saturated rings. The molecule has 1 saturated carbocycles. The molecule has 0 radical (unpaired) electrons. The number of rotatable bonds is 6. The molecular formula is C23H28N6O4. The number of anilines is 1. The summed E-state index contributed by atoms with van der Waals surface area (Å²) < 4.78 is 7.57. The molecule has 4 atom stereocenters. The molecule has 10 heteroatoms. The highest BCUT2D eigenvalue weighted by Gasteiger charge is 2.45. The molecule has 1 amide bonds. The van der Waals surface area contributed by atoms with Gasteiger partial charge in [0.15, 0.2) is 23.2 Å². The van der Waals surface area contributed by atoms with Gasteiger partial charge in [-0.25, -0.2) is 15.0 Å². The van der Waals surface area contributed by atoms with Crippen LogP contribution in [0, 0.1) is 6.92 Å². The Morgan fingerprint density at radius 3 is 2.67 bits per heavy atom. The zero-order chi connectivity index (χ0) is 22.9. The smallest absolute Gasteiger partial charge is 0.251 e. The fraction of sp³-hybridized carbons (Fsp3) is 0.478. The first-order valence-corrected chi connectivity index (χ1v) is 11.3. The van der Waals surface area contributed by atoms with Gasteiger partial charge < -0.3 is 25.6 Å². The van der Waals surface area contributed by atoms with E-state index in [1.54, 1.807) is 23.0 Å². The Kier molecular flexibility index (Phi) is 5.96. The van der Waals surface area contributed by atoms with Crippen molar-refractivity contribution in [3.63, 3.8) is 0 Å². The Hall–Kier alpha value is -3.08. The maximum atomic E-state index is 12.7. The number of aliphatic hydroxyl groups excluding tert-OH is 2. The number of aromatic nitrogens is 4. The predicted molar refractivity (Wildman–Crippen MR) is 121 cm³/mol. The summed E-state index contributed by atoms with van der Waals surface area (Å²) in [4.78, 5) is 25.9. The van der Waals surface area contributed by atoms with Gasteiger partial charge in [-0.15, -0.1) is 0 Å². The third kappa shape index (κ3) is 4.17. The summed E-state index contributed by atoms with van der Waals surface area (Å²) in [7, 11) is 0. The summed E-state index contributed by atoms with van der Waals surface area (Å²) in [6, 6.07) is 6.69. The highest BCUT2D eigenvalue weighted by Crippen LogP contribution is 2.33. The SMILES string of the molecule is Cc1ccc(C(=O)N[C@H]2C(CO)OC(n3cnc4c(NC5CCCC5)ncnc43)C2O)cc1. The largest absolute Gasteiger partial charge is 0.394 e. The quantitative estimate of drug-likeness (QED) is 0.442. The number of ether oxygens (including phenoxy) is 1. The molecule has 4 N–H and O–H groups in total. The molecule has 5 rings (SSSR count). The maximum Gasteiger partial charge on any atom is 0.251 e. The molecule has 174 valence electrons. The van der Waals surface area contributed by atoms with Gasteiger partial charge in [-0.3, -0.25) is 9.36 Å². The molecule has 3 aromatic rings. The number of hydrogen-bond donors (Lipinski definition) is 4. The van der Waals surface area contributed by atoms with Gasteiger partial charge in [0.2, 0.25) is 0 Å². The van der Waals surface area contributed by atoms with E-state index >= 15 is 0 Å². The lowest BCUT2D eigenvalue weighted by molar-refractivity contribution is -0.0489. The molecule has 1 aromatic carbocycles. The number of hydrogen-bond acceptors (Lipinski definition) is 8. The number of aryl methyl sites for hydroxylation is 1. The van der Waals surface area contributed by atoms with E-state index in [2.05, 4.69) is 25.6 Å². The van der Waals surface area contributed by atoms with Crippen molar-refractivity contribution in [3.05, 3.63) is 48.0 Å². The zero-order valence-corrected chi connectivity index (χ0v) is 18.4. The molecule has 33 heavy (non-hydrogen) atoms. The van der Waals surface area contributed by atoms with E-state index < -0.39 is 24.5 Å². The van der Waals surface area contributed by atoms with E-state index in [9.17, 15) is 15.0 Å². The van der Waals surface area contributed by atoms with Gasteiger partial charge in [0.25, 0.3) is 5.91 Å². The third-order valence-corrected chi connectivity index (χ3v) is 6.50. The summed E-state index contributed by atoms with van der Waals surface area (Å²) in [6.45, 7) is 1.58. The van der Waals surface area contributed by atoms with Crippen LogP contribution < -0.4 is 10.6 Å². The summed E-state index contributed by atoms with van der Waals surface area (Å²) in [6.07, 6.45) is 4.82. The number of carbonyl (C=O) groups is 1. The Morgan fingerprint density at radius 1 is 1.18 bits per heavy atom. The number of benzene rings is 1. The van der Waals surface area contributed by atoms with Crippen LogP contribution in [0.1, 0.15) is 47.8 Å². The van der Waals surface area contributed by atoms with Crippen molar-refractivity contribution in [2.75, 3.05) is 11.9 Å². The summed E-state index contributed by atoms with van der Waals surface area (Å²) >= 11 is 0. The average molecular weight is 453 g/mol. The van der Waals surface area contributed by atoms with Gasteiger partial charge in [-0.05, 0) is 31.9 Å².